The van der Waals surface area contributed by atoms with Gasteiger partial charge in [0.1, 0.15) is 0 Å². The molecule has 0 saturated heterocycles. The molecule has 2 N–H and O–H groups in total. The summed E-state index contributed by atoms with van der Waals surface area (Å²) in [6.45, 7) is 9.75. The van der Waals surface area contributed by atoms with Gasteiger partial charge in [0, 0.05) is 18.2 Å². The van der Waals surface area contributed by atoms with Gasteiger partial charge in [0.2, 0.25) is 0 Å². The molecule has 1 atom stereocenters. The molecule has 0 saturated carbocycles. The van der Waals surface area contributed by atoms with E-state index in [9.17, 15) is 4.79 Å². The van der Waals surface area contributed by atoms with Crippen molar-refractivity contribution >= 4 is 5.91 Å². The van der Waals surface area contributed by atoms with Crippen LogP contribution in [0.2, 0.25) is 0 Å². The van der Waals surface area contributed by atoms with Gasteiger partial charge in [0.25, 0.3) is 5.91 Å². The Balaban J connectivity index is 2.89. The van der Waals surface area contributed by atoms with Crippen molar-refractivity contribution in [3.63, 3.8) is 0 Å². The number of benzene rings is 1. The molecule has 0 fully saturated rings. The molecule has 1 unspecified atom stereocenters. The molecule has 0 radical (unpaired) electrons. The maximum Gasteiger partial charge on any atom is 0.254 e. The Morgan fingerprint density at radius 3 is 2.26 bits per heavy atom. The summed E-state index contributed by atoms with van der Waals surface area (Å²) in [5.41, 5.74) is 7.50. The first-order chi connectivity index (χ1) is 8.97. The highest BCUT2D eigenvalue weighted by molar-refractivity contribution is 5.94. The van der Waals surface area contributed by atoms with Crippen molar-refractivity contribution in [1.82, 2.24) is 4.90 Å². The third kappa shape index (κ3) is 4.35. The van der Waals surface area contributed by atoms with Crippen LogP contribution in [-0.4, -0.2) is 29.9 Å². The SMILES string of the molecule is Cc1ccc(C(=O)N(CCCN)C(C)C(C)C)cc1. The lowest BCUT2D eigenvalue weighted by Gasteiger charge is -2.32. The fraction of sp³-hybridized carbons (Fsp3) is 0.562. The molecule has 1 amide bonds. The first-order valence-electron chi connectivity index (χ1n) is 7.05. The predicted octanol–water partition coefficient (Wildman–Crippen LogP) is 2.83. The Morgan fingerprint density at radius 2 is 1.79 bits per heavy atom. The second kappa shape index (κ2) is 7.29. The van der Waals surface area contributed by atoms with Crippen LogP contribution in [-0.2, 0) is 0 Å². The van der Waals surface area contributed by atoms with Crippen molar-refractivity contribution in [2.24, 2.45) is 11.7 Å². The van der Waals surface area contributed by atoms with Crippen LogP contribution in [0.15, 0.2) is 24.3 Å². The minimum Gasteiger partial charge on any atom is -0.336 e. The van der Waals surface area contributed by atoms with E-state index in [0.29, 0.717) is 12.5 Å². The van der Waals surface area contributed by atoms with E-state index in [1.54, 1.807) is 0 Å². The number of amides is 1. The van der Waals surface area contributed by atoms with Crippen molar-refractivity contribution in [3.05, 3.63) is 35.4 Å². The van der Waals surface area contributed by atoms with E-state index in [1.165, 1.54) is 5.56 Å². The Labute approximate surface area is 116 Å². The fourth-order valence-electron chi connectivity index (χ4n) is 1.97. The number of aryl methyl sites for hydroxylation is 1. The van der Waals surface area contributed by atoms with Gasteiger partial charge in [0.05, 0.1) is 0 Å². The molecule has 3 heteroatoms. The van der Waals surface area contributed by atoms with Gasteiger partial charge in [-0.3, -0.25) is 4.79 Å². The van der Waals surface area contributed by atoms with Crippen LogP contribution in [0.5, 0.6) is 0 Å². The fourth-order valence-corrected chi connectivity index (χ4v) is 1.97. The molecule has 0 heterocycles. The van der Waals surface area contributed by atoms with Gasteiger partial charge in [0.15, 0.2) is 0 Å². The van der Waals surface area contributed by atoms with Gasteiger partial charge >= 0.3 is 0 Å². The van der Waals surface area contributed by atoms with Crippen LogP contribution >= 0.6 is 0 Å². The first-order valence-corrected chi connectivity index (χ1v) is 7.05. The average Bonchev–Trinajstić information content (AvgIpc) is 2.39. The molecule has 0 bridgehead atoms. The van der Waals surface area contributed by atoms with E-state index in [0.717, 1.165) is 18.5 Å². The maximum absolute atomic E-state index is 12.6. The summed E-state index contributed by atoms with van der Waals surface area (Å²) in [6.07, 6.45) is 0.842. The molecule has 1 aromatic rings. The van der Waals surface area contributed by atoms with Crippen molar-refractivity contribution in [2.45, 2.75) is 40.2 Å². The zero-order valence-corrected chi connectivity index (χ0v) is 12.5. The maximum atomic E-state index is 12.6. The zero-order chi connectivity index (χ0) is 14.4. The number of hydrogen-bond acceptors (Lipinski definition) is 2. The standard InChI is InChI=1S/C16H26N2O/c1-12(2)14(4)18(11-5-10-17)16(19)15-8-6-13(3)7-9-15/h6-9,12,14H,5,10-11,17H2,1-4H3. The Kier molecular flexibility index (Phi) is 6.03. The van der Waals surface area contributed by atoms with Crippen LogP contribution in [0, 0.1) is 12.8 Å². The Hall–Kier alpha value is -1.35. The first kappa shape index (κ1) is 15.7. The van der Waals surface area contributed by atoms with Crippen LogP contribution in [0.1, 0.15) is 43.1 Å². The summed E-state index contributed by atoms with van der Waals surface area (Å²) in [7, 11) is 0. The van der Waals surface area contributed by atoms with Crippen molar-refractivity contribution in [1.29, 1.82) is 0 Å². The summed E-state index contributed by atoms with van der Waals surface area (Å²) in [4.78, 5) is 14.5. The van der Waals surface area contributed by atoms with Crippen molar-refractivity contribution < 1.29 is 4.79 Å². The topological polar surface area (TPSA) is 46.3 Å². The second-order valence-electron chi connectivity index (χ2n) is 5.49. The van der Waals surface area contributed by atoms with E-state index < -0.39 is 0 Å². The largest absolute Gasteiger partial charge is 0.336 e. The molecule has 0 aliphatic rings. The van der Waals surface area contributed by atoms with E-state index in [1.807, 2.05) is 36.1 Å². The molecule has 0 spiro atoms. The number of carbonyl (C=O) groups excluding carboxylic acids is 1. The zero-order valence-electron chi connectivity index (χ0n) is 12.5. The highest BCUT2D eigenvalue weighted by Gasteiger charge is 2.22. The molecular weight excluding hydrogens is 236 g/mol. The Morgan fingerprint density at radius 1 is 1.21 bits per heavy atom. The van der Waals surface area contributed by atoms with E-state index >= 15 is 0 Å². The lowest BCUT2D eigenvalue weighted by Crippen LogP contribution is -2.42. The molecule has 0 aromatic heterocycles. The third-order valence-corrected chi connectivity index (χ3v) is 3.62. The van der Waals surface area contributed by atoms with Crippen molar-refractivity contribution in [2.75, 3.05) is 13.1 Å². The minimum absolute atomic E-state index is 0.106. The monoisotopic (exact) mass is 262 g/mol. The second-order valence-corrected chi connectivity index (χ2v) is 5.49. The van der Waals surface area contributed by atoms with E-state index in [4.69, 9.17) is 5.73 Å². The van der Waals surface area contributed by atoms with Gasteiger partial charge in [-0.1, -0.05) is 31.5 Å². The van der Waals surface area contributed by atoms with E-state index in [2.05, 4.69) is 20.8 Å². The number of hydrogen-bond donors (Lipinski definition) is 1. The Bertz CT molecular complexity index is 398. The summed E-state index contributed by atoms with van der Waals surface area (Å²) in [5.74, 6) is 0.543. The summed E-state index contributed by atoms with van der Waals surface area (Å²) >= 11 is 0. The van der Waals surface area contributed by atoms with Crippen molar-refractivity contribution in [3.8, 4) is 0 Å². The lowest BCUT2D eigenvalue weighted by molar-refractivity contribution is 0.0646. The molecule has 1 aromatic carbocycles. The van der Waals surface area contributed by atoms with Gasteiger partial charge in [-0.15, -0.1) is 0 Å². The quantitative estimate of drug-likeness (QED) is 0.857. The van der Waals surface area contributed by atoms with E-state index in [-0.39, 0.29) is 11.9 Å². The highest BCUT2D eigenvalue weighted by atomic mass is 16.2. The number of carbonyl (C=O) groups is 1. The van der Waals surface area contributed by atoms with Crippen LogP contribution in [0.4, 0.5) is 0 Å². The van der Waals surface area contributed by atoms with Crippen LogP contribution < -0.4 is 5.73 Å². The molecular formula is C16H26N2O. The van der Waals surface area contributed by atoms with Gasteiger partial charge in [-0.25, -0.2) is 0 Å². The summed E-state index contributed by atoms with van der Waals surface area (Å²) in [6, 6.07) is 7.99. The highest BCUT2D eigenvalue weighted by Crippen LogP contribution is 2.15. The normalized spacial score (nSPS) is 12.5. The summed E-state index contributed by atoms with van der Waals surface area (Å²) in [5, 5.41) is 0. The number of rotatable bonds is 6. The molecule has 19 heavy (non-hydrogen) atoms. The predicted molar refractivity (Wildman–Crippen MR) is 80.2 cm³/mol. The molecule has 0 aliphatic heterocycles. The van der Waals surface area contributed by atoms with Crippen LogP contribution in [0.3, 0.4) is 0 Å². The smallest absolute Gasteiger partial charge is 0.254 e. The molecule has 1 rings (SSSR count). The number of nitrogens with two attached hydrogens (primary N) is 1. The molecule has 106 valence electrons. The number of nitrogens with zero attached hydrogens (tertiary/aromatic N) is 1. The average molecular weight is 262 g/mol. The van der Waals surface area contributed by atoms with Gasteiger partial charge in [-0.2, -0.15) is 0 Å². The summed E-state index contributed by atoms with van der Waals surface area (Å²) < 4.78 is 0. The molecule has 0 aliphatic carbocycles. The van der Waals surface area contributed by atoms with Gasteiger partial charge in [-0.05, 0) is 44.9 Å². The van der Waals surface area contributed by atoms with Crippen LogP contribution in [0.25, 0.3) is 0 Å². The minimum atomic E-state index is 0.106. The lowest BCUT2D eigenvalue weighted by atomic mass is 10.0. The van der Waals surface area contributed by atoms with Gasteiger partial charge < -0.3 is 10.6 Å². The molecule has 3 nitrogen and oxygen atoms in total. The third-order valence-electron chi connectivity index (χ3n) is 3.62.